The predicted molar refractivity (Wildman–Crippen MR) is 167 cm³/mol. The van der Waals surface area contributed by atoms with Crippen molar-refractivity contribution >= 4 is 50.7 Å². The minimum absolute atomic E-state index is 0.0564. The van der Waals surface area contributed by atoms with Gasteiger partial charge in [-0.25, -0.2) is 12.8 Å². The van der Waals surface area contributed by atoms with Crippen molar-refractivity contribution in [2.75, 3.05) is 17.4 Å². The smallest absolute Gasteiger partial charge is 0.264 e. The molecule has 0 saturated heterocycles. The van der Waals surface area contributed by atoms with Gasteiger partial charge in [0.2, 0.25) is 11.8 Å². The summed E-state index contributed by atoms with van der Waals surface area (Å²) in [6, 6.07) is 25.8. The van der Waals surface area contributed by atoms with Crippen LogP contribution in [0.15, 0.2) is 108 Å². The molecular weight excluding hydrogens is 612 g/mol. The molecule has 0 aliphatic heterocycles. The number of anilines is 1. The Bertz CT molecular complexity index is 1670. The maximum Gasteiger partial charge on any atom is 0.264 e. The summed E-state index contributed by atoms with van der Waals surface area (Å²) in [6.45, 7) is 1.07. The minimum Gasteiger partial charge on any atom is -0.355 e. The van der Waals surface area contributed by atoms with E-state index in [0.29, 0.717) is 6.54 Å². The van der Waals surface area contributed by atoms with Gasteiger partial charge in [0.05, 0.1) is 20.6 Å². The normalized spacial score (nSPS) is 11.9. The molecule has 0 spiro atoms. The third-order valence-corrected chi connectivity index (χ3v) is 9.25. The quantitative estimate of drug-likeness (QED) is 0.202. The highest BCUT2D eigenvalue weighted by molar-refractivity contribution is 7.92. The van der Waals surface area contributed by atoms with Gasteiger partial charge in [0.25, 0.3) is 10.0 Å². The monoisotopic (exact) mass is 641 g/mol. The van der Waals surface area contributed by atoms with E-state index >= 15 is 0 Å². The Balaban J connectivity index is 1.81. The van der Waals surface area contributed by atoms with Crippen molar-refractivity contribution in [2.45, 2.75) is 30.8 Å². The van der Waals surface area contributed by atoms with E-state index in [9.17, 15) is 22.4 Å². The molecule has 0 aliphatic carbocycles. The molecule has 224 valence electrons. The number of sulfonamides is 1. The number of nitrogens with zero attached hydrogens (tertiary/aromatic N) is 2. The molecule has 7 nitrogen and oxygen atoms in total. The van der Waals surface area contributed by atoms with Crippen LogP contribution in [0.5, 0.6) is 0 Å². The van der Waals surface area contributed by atoms with Crippen LogP contribution in [0.4, 0.5) is 10.1 Å². The average molecular weight is 643 g/mol. The lowest BCUT2D eigenvalue weighted by Gasteiger charge is -2.34. The Kier molecular flexibility index (Phi) is 10.8. The van der Waals surface area contributed by atoms with Crippen LogP contribution in [0.1, 0.15) is 18.1 Å². The Labute approximate surface area is 260 Å². The first-order valence-corrected chi connectivity index (χ1v) is 15.7. The zero-order valence-corrected chi connectivity index (χ0v) is 25.6. The maximum absolute atomic E-state index is 14.9. The van der Waals surface area contributed by atoms with Gasteiger partial charge >= 0.3 is 0 Å². The van der Waals surface area contributed by atoms with Crippen molar-refractivity contribution in [3.8, 4) is 0 Å². The summed E-state index contributed by atoms with van der Waals surface area (Å²) in [4.78, 5) is 28.9. The standard InChI is InChI=1S/C32H30Cl2FN3O4S/c1-2-36-32(40)30(19-23-11-5-3-6-12-23)37(21-24-13-9-10-16-29(24)35)31(39)22-38(25-17-18-27(33)28(34)20-25)43(41,42)26-14-7-4-8-15-26/h3-18,20,30H,2,19,21-22H2,1H3,(H,36,40)/t30-/m1/s1. The van der Waals surface area contributed by atoms with Crippen molar-refractivity contribution in [1.82, 2.24) is 10.2 Å². The number of nitrogens with one attached hydrogen (secondary N) is 1. The fourth-order valence-electron chi connectivity index (χ4n) is 4.54. The van der Waals surface area contributed by atoms with E-state index in [-0.39, 0.29) is 39.2 Å². The number of carbonyl (C=O) groups excluding carboxylic acids is 2. The molecule has 1 N–H and O–H groups in total. The molecule has 43 heavy (non-hydrogen) atoms. The summed E-state index contributed by atoms with van der Waals surface area (Å²) in [5, 5.41) is 3.06. The molecule has 1 atom stereocenters. The number of hydrogen-bond donors (Lipinski definition) is 1. The van der Waals surface area contributed by atoms with Gasteiger partial charge in [-0.3, -0.25) is 13.9 Å². The first kappa shape index (κ1) is 32.0. The van der Waals surface area contributed by atoms with Crippen molar-refractivity contribution < 1.29 is 22.4 Å². The van der Waals surface area contributed by atoms with Crippen LogP contribution in [0.2, 0.25) is 10.0 Å². The van der Waals surface area contributed by atoms with Crippen LogP contribution in [0, 0.1) is 5.82 Å². The third-order valence-electron chi connectivity index (χ3n) is 6.72. The number of carbonyl (C=O) groups is 2. The minimum atomic E-state index is -4.30. The van der Waals surface area contributed by atoms with Gasteiger partial charge in [-0.2, -0.15) is 0 Å². The van der Waals surface area contributed by atoms with Crippen molar-refractivity contribution in [1.29, 1.82) is 0 Å². The van der Waals surface area contributed by atoms with E-state index in [1.807, 2.05) is 30.3 Å². The molecule has 4 rings (SSSR count). The molecule has 4 aromatic rings. The van der Waals surface area contributed by atoms with Gasteiger partial charge < -0.3 is 10.2 Å². The Morgan fingerprint density at radius 3 is 2.12 bits per heavy atom. The molecule has 2 amide bonds. The van der Waals surface area contributed by atoms with Crippen LogP contribution in [0.3, 0.4) is 0 Å². The molecule has 0 saturated carbocycles. The second-order valence-corrected chi connectivity index (χ2v) is 12.3. The van der Waals surface area contributed by atoms with E-state index in [0.717, 1.165) is 9.87 Å². The molecular formula is C32H30Cl2FN3O4S. The molecule has 0 unspecified atom stereocenters. The lowest BCUT2D eigenvalue weighted by molar-refractivity contribution is -0.140. The lowest BCUT2D eigenvalue weighted by atomic mass is 10.0. The Morgan fingerprint density at radius 2 is 1.49 bits per heavy atom. The van der Waals surface area contributed by atoms with E-state index in [4.69, 9.17) is 23.2 Å². The fourth-order valence-corrected chi connectivity index (χ4v) is 6.26. The predicted octanol–water partition coefficient (Wildman–Crippen LogP) is 6.10. The van der Waals surface area contributed by atoms with Gasteiger partial charge in [-0.15, -0.1) is 0 Å². The number of halogens is 3. The molecule has 4 aromatic carbocycles. The summed E-state index contributed by atoms with van der Waals surface area (Å²) < 4.78 is 43.7. The second kappa shape index (κ2) is 14.5. The van der Waals surface area contributed by atoms with Crippen molar-refractivity contribution in [3.63, 3.8) is 0 Å². The summed E-state index contributed by atoms with van der Waals surface area (Å²) in [7, 11) is -4.30. The average Bonchev–Trinajstić information content (AvgIpc) is 3.01. The first-order chi connectivity index (χ1) is 20.6. The van der Waals surface area contributed by atoms with Crippen molar-refractivity contribution in [3.05, 3.63) is 130 Å². The van der Waals surface area contributed by atoms with Gasteiger partial charge in [0, 0.05) is 25.1 Å². The van der Waals surface area contributed by atoms with Crippen LogP contribution >= 0.6 is 23.2 Å². The SMILES string of the molecule is CCNC(=O)[C@@H](Cc1ccccc1)N(Cc1ccccc1F)C(=O)CN(c1ccc(Cl)c(Cl)c1)S(=O)(=O)c1ccccc1. The third kappa shape index (κ3) is 7.93. The summed E-state index contributed by atoms with van der Waals surface area (Å²) in [5.41, 5.74) is 1.03. The van der Waals surface area contributed by atoms with E-state index < -0.39 is 40.2 Å². The summed E-state index contributed by atoms with van der Waals surface area (Å²) >= 11 is 12.4. The zero-order chi connectivity index (χ0) is 31.0. The van der Waals surface area contributed by atoms with E-state index in [1.54, 1.807) is 31.2 Å². The lowest BCUT2D eigenvalue weighted by Crippen LogP contribution is -2.53. The summed E-state index contributed by atoms with van der Waals surface area (Å²) in [5.74, 6) is -1.74. The number of likely N-dealkylation sites (N-methyl/N-ethyl adjacent to an activating group) is 1. The molecule has 0 aromatic heterocycles. The van der Waals surface area contributed by atoms with Crippen molar-refractivity contribution in [2.24, 2.45) is 0 Å². The number of benzene rings is 4. The van der Waals surface area contributed by atoms with E-state index in [1.165, 1.54) is 53.4 Å². The van der Waals surface area contributed by atoms with Gasteiger partial charge in [0.1, 0.15) is 18.4 Å². The van der Waals surface area contributed by atoms with Crippen LogP contribution in [-0.2, 0) is 32.6 Å². The van der Waals surface area contributed by atoms with Crippen LogP contribution < -0.4 is 9.62 Å². The topological polar surface area (TPSA) is 86.8 Å². The highest BCUT2D eigenvalue weighted by atomic mass is 35.5. The zero-order valence-electron chi connectivity index (χ0n) is 23.3. The number of rotatable bonds is 12. The molecule has 0 heterocycles. The fraction of sp³-hybridized carbons (Fsp3) is 0.188. The Hall–Kier alpha value is -3.92. The van der Waals surface area contributed by atoms with Crippen LogP contribution in [-0.4, -0.2) is 44.3 Å². The number of amides is 2. The van der Waals surface area contributed by atoms with Gasteiger partial charge in [0.15, 0.2) is 0 Å². The molecule has 0 radical (unpaired) electrons. The van der Waals surface area contributed by atoms with Gasteiger partial charge in [-0.1, -0.05) is 89.9 Å². The summed E-state index contributed by atoms with van der Waals surface area (Å²) in [6.07, 6.45) is 0.116. The van der Waals surface area contributed by atoms with E-state index in [2.05, 4.69) is 5.32 Å². The largest absolute Gasteiger partial charge is 0.355 e. The highest BCUT2D eigenvalue weighted by Gasteiger charge is 2.35. The molecule has 0 fully saturated rings. The molecule has 0 aliphatic rings. The molecule has 11 heteroatoms. The molecule has 0 bridgehead atoms. The number of hydrogen-bond acceptors (Lipinski definition) is 4. The van der Waals surface area contributed by atoms with Crippen LogP contribution in [0.25, 0.3) is 0 Å². The van der Waals surface area contributed by atoms with Gasteiger partial charge in [-0.05, 0) is 48.9 Å². The second-order valence-electron chi connectivity index (χ2n) is 9.64. The first-order valence-electron chi connectivity index (χ1n) is 13.5. The maximum atomic E-state index is 14.9. The Morgan fingerprint density at radius 1 is 0.860 bits per heavy atom. The highest BCUT2D eigenvalue weighted by Crippen LogP contribution is 2.31.